The van der Waals surface area contributed by atoms with E-state index < -0.39 is 0 Å². The number of nitrogens with two attached hydrogens (primary N) is 1. The second kappa shape index (κ2) is 5.10. The van der Waals surface area contributed by atoms with Crippen LogP contribution in [0.5, 0.6) is 0 Å². The molecular formula is C8H13ClN2. The summed E-state index contributed by atoms with van der Waals surface area (Å²) in [5.74, 6) is 0. The quantitative estimate of drug-likeness (QED) is 0.741. The SMILES string of the molecule is CC[C@H](N)c1ccccn1.Cl. The van der Waals surface area contributed by atoms with Crippen molar-refractivity contribution in [2.45, 2.75) is 19.4 Å². The van der Waals surface area contributed by atoms with Crippen LogP contribution >= 0.6 is 12.4 Å². The molecule has 0 saturated heterocycles. The fourth-order valence-corrected chi connectivity index (χ4v) is 0.804. The summed E-state index contributed by atoms with van der Waals surface area (Å²) in [6, 6.07) is 5.90. The molecule has 0 radical (unpaired) electrons. The van der Waals surface area contributed by atoms with Gasteiger partial charge in [-0.3, -0.25) is 4.98 Å². The van der Waals surface area contributed by atoms with E-state index in [1.807, 2.05) is 18.2 Å². The first-order valence-corrected chi connectivity index (χ1v) is 3.51. The molecule has 0 aromatic carbocycles. The molecule has 1 aromatic heterocycles. The van der Waals surface area contributed by atoms with Crippen LogP contribution in [-0.2, 0) is 0 Å². The molecule has 1 aromatic rings. The smallest absolute Gasteiger partial charge is 0.0570 e. The third-order valence-corrected chi connectivity index (χ3v) is 1.51. The molecule has 1 rings (SSSR count). The third kappa shape index (κ3) is 2.87. The molecule has 0 unspecified atom stereocenters. The largest absolute Gasteiger partial charge is 0.323 e. The minimum absolute atomic E-state index is 0. The van der Waals surface area contributed by atoms with E-state index in [1.165, 1.54) is 0 Å². The molecule has 3 heteroatoms. The molecule has 0 spiro atoms. The maximum absolute atomic E-state index is 5.73. The Hall–Kier alpha value is -0.600. The van der Waals surface area contributed by atoms with Gasteiger partial charge in [-0.25, -0.2) is 0 Å². The molecule has 0 aliphatic rings. The molecule has 0 aliphatic carbocycles. The van der Waals surface area contributed by atoms with Crippen LogP contribution in [0.2, 0.25) is 0 Å². The van der Waals surface area contributed by atoms with Gasteiger partial charge in [0.1, 0.15) is 0 Å². The molecule has 62 valence electrons. The van der Waals surface area contributed by atoms with Gasteiger partial charge in [0.05, 0.1) is 5.69 Å². The van der Waals surface area contributed by atoms with Gasteiger partial charge in [-0.2, -0.15) is 0 Å². The zero-order valence-electron chi connectivity index (χ0n) is 6.53. The first-order valence-electron chi connectivity index (χ1n) is 3.51. The molecule has 1 atom stereocenters. The third-order valence-electron chi connectivity index (χ3n) is 1.51. The van der Waals surface area contributed by atoms with Crippen LogP contribution in [0.15, 0.2) is 24.4 Å². The van der Waals surface area contributed by atoms with Crippen LogP contribution in [0.4, 0.5) is 0 Å². The second-order valence-electron chi connectivity index (χ2n) is 2.27. The van der Waals surface area contributed by atoms with Gasteiger partial charge in [-0.05, 0) is 18.6 Å². The zero-order valence-corrected chi connectivity index (χ0v) is 7.34. The van der Waals surface area contributed by atoms with E-state index in [1.54, 1.807) is 6.20 Å². The number of hydrogen-bond acceptors (Lipinski definition) is 2. The van der Waals surface area contributed by atoms with Crippen LogP contribution in [-0.4, -0.2) is 4.98 Å². The summed E-state index contributed by atoms with van der Waals surface area (Å²) in [6.07, 6.45) is 2.71. The summed E-state index contributed by atoms with van der Waals surface area (Å²) in [4.78, 5) is 4.12. The predicted octanol–water partition coefficient (Wildman–Crippen LogP) is 1.91. The van der Waals surface area contributed by atoms with Gasteiger partial charge in [0.25, 0.3) is 0 Å². The number of pyridine rings is 1. The summed E-state index contributed by atoms with van der Waals surface area (Å²) in [5, 5.41) is 0. The van der Waals surface area contributed by atoms with Crippen molar-refractivity contribution in [1.82, 2.24) is 4.98 Å². The van der Waals surface area contributed by atoms with E-state index in [2.05, 4.69) is 11.9 Å². The maximum Gasteiger partial charge on any atom is 0.0570 e. The van der Waals surface area contributed by atoms with Crippen molar-refractivity contribution in [3.63, 3.8) is 0 Å². The molecule has 0 aliphatic heterocycles. The Kier molecular flexibility index (Phi) is 4.83. The molecule has 1 heterocycles. The summed E-state index contributed by atoms with van der Waals surface area (Å²) in [6.45, 7) is 2.05. The van der Waals surface area contributed by atoms with Gasteiger partial charge in [-0.1, -0.05) is 13.0 Å². The lowest BCUT2D eigenvalue weighted by Gasteiger charge is -2.05. The second-order valence-corrected chi connectivity index (χ2v) is 2.27. The zero-order chi connectivity index (χ0) is 7.40. The summed E-state index contributed by atoms with van der Waals surface area (Å²) in [7, 11) is 0. The lowest BCUT2D eigenvalue weighted by molar-refractivity contribution is 0.675. The average molecular weight is 173 g/mol. The molecule has 0 bridgehead atoms. The number of nitrogens with zero attached hydrogens (tertiary/aromatic N) is 1. The molecule has 0 saturated carbocycles. The highest BCUT2D eigenvalue weighted by atomic mass is 35.5. The highest BCUT2D eigenvalue weighted by Gasteiger charge is 2.01. The first kappa shape index (κ1) is 10.4. The monoisotopic (exact) mass is 172 g/mol. The van der Waals surface area contributed by atoms with E-state index in [4.69, 9.17) is 5.73 Å². The van der Waals surface area contributed by atoms with Crippen molar-refractivity contribution in [3.8, 4) is 0 Å². The summed E-state index contributed by atoms with van der Waals surface area (Å²) in [5.41, 5.74) is 6.71. The number of aromatic nitrogens is 1. The minimum atomic E-state index is 0. The van der Waals surface area contributed by atoms with Crippen molar-refractivity contribution in [1.29, 1.82) is 0 Å². The lowest BCUT2D eigenvalue weighted by Crippen LogP contribution is -2.09. The van der Waals surface area contributed by atoms with Crippen molar-refractivity contribution in [2.75, 3.05) is 0 Å². The Bertz CT molecular complexity index is 189. The molecule has 0 amide bonds. The van der Waals surface area contributed by atoms with Gasteiger partial charge in [0.15, 0.2) is 0 Å². The van der Waals surface area contributed by atoms with E-state index in [0.29, 0.717) is 0 Å². The molecular weight excluding hydrogens is 160 g/mol. The van der Waals surface area contributed by atoms with Crippen LogP contribution in [0.3, 0.4) is 0 Å². The topological polar surface area (TPSA) is 38.9 Å². The highest BCUT2D eigenvalue weighted by Crippen LogP contribution is 2.08. The standard InChI is InChI=1S/C8H12N2.ClH/c1-2-7(9)8-5-3-4-6-10-8;/h3-7H,2,9H2,1H3;1H/t7-;/m0./s1. The molecule has 11 heavy (non-hydrogen) atoms. The van der Waals surface area contributed by atoms with Gasteiger partial charge < -0.3 is 5.73 Å². The first-order chi connectivity index (χ1) is 4.84. The Morgan fingerprint density at radius 2 is 2.27 bits per heavy atom. The van der Waals surface area contributed by atoms with Crippen LogP contribution < -0.4 is 5.73 Å². The normalized spacial score (nSPS) is 11.8. The van der Waals surface area contributed by atoms with Gasteiger partial charge in [0.2, 0.25) is 0 Å². The van der Waals surface area contributed by atoms with Crippen LogP contribution in [0.1, 0.15) is 25.1 Å². The molecule has 2 N–H and O–H groups in total. The molecule has 0 fully saturated rings. The van der Waals surface area contributed by atoms with Crippen molar-refractivity contribution in [3.05, 3.63) is 30.1 Å². The van der Waals surface area contributed by atoms with Crippen LogP contribution in [0.25, 0.3) is 0 Å². The fourth-order valence-electron chi connectivity index (χ4n) is 0.804. The van der Waals surface area contributed by atoms with Crippen molar-refractivity contribution < 1.29 is 0 Å². The Morgan fingerprint density at radius 1 is 1.55 bits per heavy atom. The van der Waals surface area contributed by atoms with E-state index >= 15 is 0 Å². The average Bonchev–Trinajstić information content (AvgIpc) is 2.05. The Balaban J connectivity index is 0.000001000. The summed E-state index contributed by atoms with van der Waals surface area (Å²) >= 11 is 0. The van der Waals surface area contributed by atoms with Crippen molar-refractivity contribution in [2.24, 2.45) is 5.73 Å². The van der Waals surface area contributed by atoms with Gasteiger partial charge in [0, 0.05) is 12.2 Å². The fraction of sp³-hybridized carbons (Fsp3) is 0.375. The van der Waals surface area contributed by atoms with E-state index in [-0.39, 0.29) is 18.4 Å². The maximum atomic E-state index is 5.73. The van der Waals surface area contributed by atoms with Gasteiger partial charge in [-0.15, -0.1) is 12.4 Å². The predicted molar refractivity (Wildman–Crippen MR) is 48.7 cm³/mol. The summed E-state index contributed by atoms with van der Waals surface area (Å²) < 4.78 is 0. The molecule has 2 nitrogen and oxygen atoms in total. The number of halogens is 1. The lowest BCUT2D eigenvalue weighted by atomic mass is 10.1. The Morgan fingerprint density at radius 3 is 2.73 bits per heavy atom. The Labute approximate surface area is 73.2 Å². The number of rotatable bonds is 2. The number of hydrogen-bond donors (Lipinski definition) is 1. The van der Waals surface area contributed by atoms with Crippen LogP contribution in [0, 0.1) is 0 Å². The van der Waals surface area contributed by atoms with Crippen molar-refractivity contribution >= 4 is 12.4 Å². The minimum Gasteiger partial charge on any atom is -0.323 e. The van der Waals surface area contributed by atoms with E-state index in [9.17, 15) is 0 Å². The highest BCUT2D eigenvalue weighted by molar-refractivity contribution is 5.85. The van der Waals surface area contributed by atoms with Gasteiger partial charge >= 0.3 is 0 Å². The van der Waals surface area contributed by atoms with E-state index in [0.717, 1.165) is 12.1 Å².